The minimum atomic E-state index is 0.288. The molecule has 0 aliphatic heterocycles. The summed E-state index contributed by atoms with van der Waals surface area (Å²) in [6.45, 7) is 0. The number of aromatic amines is 1. The fraction of sp³-hybridized carbons (Fsp3) is 0.278. The Balaban J connectivity index is 1.57. The summed E-state index contributed by atoms with van der Waals surface area (Å²) in [5.41, 5.74) is 4.90. The molecule has 0 bridgehead atoms. The second kappa shape index (κ2) is 3.88. The van der Waals surface area contributed by atoms with E-state index >= 15 is 0 Å². The summed E-state index contributed by atoms with van der Waals surface area (Å²) in [7, 11) is 0. The highest BCUT2D eigenvalue weighted by Crippen LogP contribution is 2.64. The molecule has 3 atom stereocenters. The van der Waals surface area contributed by atoms with Crippen molar-refractivity contribution in [2.75, 3.05) is 0 Å². The number of benzene rings is 2. The van der Waals surface area contributed by atoms with Gasteiger partial charge in [0.15, 0.2) is 0 Å². The molecule has 2 aromatic carbocycles. The number of fused-ring (bicyclic) bond motifs is 4. The first-order valence-corrected chi connectivity index (χ1v) is 7.58. The van der Waals surface area contributed by atoms with Gasteiger partial charge in [-0.25, -0.2) is 4.98 Å². The zero-order valence-corrected chi connectivity index (χ0v) is 11.6. The maximum Gasteiger partial charge on any atom is 0.117 e. The maximum atomic E-state index is 9.58. The molecule has 21 heavy (non-hydrogen) atoms. The second-order valence-electron chi connectivity index (χ2n) is 6.28. The van der Waals surface area contributed by atoms with E-state index in [0.717, 1.165) is 22.8 Å². The lowest BCUT2D eigenvalue weighted by Crippen LogP contribution is -2.00. The van der Waals surface area contributed by atoms with Crippen LogP contribution in [0.5, 0.6) is 5.75 Å². The molecule has 2 aliphatic rings. The van der Waals surface area contributed by atoms with Crippen molar-refractivity contribution in [1.82, 2.24) is 9.97 Å². The number of imidazole rings is 1. The van der Waals surface area contributed by atoms with Gasteiger partial charge in [-0.15, -0.1) is 0 Å². The first-order chi connectivity index (χ1) is 10.3. The van der Waals surface area contributed by atoms with Gasteiger partial charge in [-0.3, -0.25) is 0 Å². The quantitative estimate of drug-likeness (QED) is 0.711. The molecule has 0 spiro atoms. The van der Waals surface area contributed by atoms with E-state index in [4.69, 9.17) is 4.98 Å². The molecule has 2 N–H and O–H groups in total. The number of aryl methyl sites for hydroxylation is 1. The molecule has 0 radical (unpaired) electrons. The van der Waals surface area contributed by atoms with Crippen LogP contribution in [0.25, 0.3) is 11.0 Å². The Bertz CT molecular complexity index is 851. The average Bonchev–Trinajstić information content (AvgIpc) is 3.11. The van der Waals surface area contributed by atoms with Crippen molar-refractivity contribution in [3.63, 3.8) is 0 Å². The molecule has 1 fully saturated rings. The normalized spacial score (nSPS) is 26.4. The summed E-state index contributed by atoms with van der Waals surface area (Å²) in [5, 5.41) is 9.58. The molecule has 3 aromatic rings. The van der Waals surface area contributed by atoms with Crippen LogP contribution >= 0.6 is 0 Å². The van der Waals surface area contributed by atoms with Gasteiger partial charge in [-0.05, 0) is 47.9 Å². The molecule has 1 saturated carbocycles. The Kier molecular flexibility index (Phi) is 2.10. The van der Waals surface area contributed by atoms with Crippen molar-refractivity contribution in [1.29, 1.82) is 0 Å². The summed E-state index contributed by atoms with van der Waals surface area (Å²) in [5.74, 6) is 3.25. The monoisotopic (exact) mass is 276 g/mol. The molecule has 3 heteroatoms. The number of phenolic OH excluding ortho intramolecular Hbond substituents is 1. The van der Waals surface area contributed by atoms with E-state index < -0.39 is 0 Å². The van der Waals surface area contributed by atoms with Gasteiger partial charge in [0.25, 0.3) is 0 Å². The van der Waals surface area contributed by atoms with Crippen molar-refractivity contribution in [2.24, 2.45) is 5.92 Å². The Morgan fingerprint density at radius 3 is 2.95 bits per heavy atom. The summed E-state index contributed by atoms with van der Waals surface area (Å²) in [6, 6.07) is 14.2. The number of H-pyrrole nitrogens is 1. The lowest BCUT2D eigenvalue weighted by atomic mass is 9.92. The number of nitrogens with one attached hydrogen (secondary N) is 1. The summed E-state index contributed by atoms with van der Waals surface area (Å²) in [6.07, 6.45) is 2.45. The van der Waals surface area contributed by atoms with Crippen LogP contribution < -0.4 is 0 Å². The number of hydrogen-bond acceptors (Lipinski definition) is 2. The van der Waals surface area contributed by atoms with E-state index in [1.165, 1.54) is 24.0 Å². The van der Waals surface area contributed by atoms with Crippen molar-refractivity contribution in [3.8, 4) is 5.75 Å². The van der Waals surface area contributed by atoms with E-state index in [2.05, 4.69) is 29.2 Å². The Morgan fingerprint density at radius 2 is 2.00 bits per heavy atom. The zero-order valence-electron chi connectivity index (χ0n) is 11.6. The van der Waals surface area contributed by atoms with Gasteiger partial charge < -0.3 is 10.1 Å². The summed E-state index contributed by atoms with van der Waals surface area (Å²) < 4.78 is 0. The topological polar surface area (TPSA) is 48.9 Å². The highest BCUT2D eigenvalue weighted by molar-refractivity contribution is 5.77. The molecule has 1 aromatic heterocycles. The first-order valence-electron chi connectivity index (χ1n) is 7.58. The van der Waals surface area contributed by atoms with E-state index in [-0.39, 0.29) is 5.75 Å². The molecular weight excluding hydrogens is 260 g/mol. The van der Waals surface area contributed by atoms with Crippen LogP contribution in [0, 0.1) is 5.92 Å². The number of aromatic hydroxyl groups is 1. The van der Waals surface area contributed by atoms with Crippen LogP contribution in [0.2, 0.25) is 0 Å². The largest absolute Gasteiger partial charge is 0.508 e. The third kappa shape index (κ3) is 1.57. The fourth-order valence-corrected chi connectivity index (χ4v) is 4.11. The highest BCUT2D eigenvalue weighted by atomic mass is 16.3. The second-order valence-corrected chi connectivity index (χ2v) is 6.28. The molecule has 1 heterocycles. The van der Waals surface area contributed by atoms with Gasteiger partial charge in [0.2, 0.25) is 0 Å². The number of aromatic nitrogens is 2. The number of nitrogens with zero attached hydrogens (tertiary/aromatic N) is 1. The predicted molar refractivity (Wildman–Crippen MR) is 81.5 cm³/mol. The van der Waals surface area contributed by atoms with Crippen molar-refractivity contribution in [3.05, 3.63) is 59.4 Å². The highest BCUT2D eigenvalue weighted by Gasteiger charge is 2.55. The number of rotatable bonds is 1. The van der Waals surface area contributed by atoms with Gasteiger partial charge in [-0.2, -0.15) is 0 Å². The molecule has 3 nitrogen and oxygen atoms in total. The van der Waals surface area contributed by atoms with Crippen LogP contribution in [0.15, 0.2) is 42.5 Å². The van der Waals surface area contributed by atoms with Gasteiger partial charge in [0.05, 0.1) is 11.0 Å². The van der Waals surface area contributed by atoms with Crippen molar-refractivity contribution < 1.29 is 5.11 Å². The predicted octanol–water partition coefficient (Wildman–Crippen LogP) is 3.71. The SMILES string of the molecule is Oc1ccc2nc(C3C4CCc5ccccc5C43)[nH]c2c1. The van der Waals surface area contributed by atoms with Crippen LogP contribution in [0.1, 0.15) is 35.2 Å². The molecule has 0 amide bonds. The van der Waals surface area contributed by atoms with E-state index in [1.54, 1.807) is 12.1 Å². The van der Waals surface area contributed by atoms with Gasteiger partial charge in [-0.1, -0.05) is 24.3 Å². The van der Waals surface area contributed by atoms with Gasteiger partial charge in [0.1, 0.15) is 11.6 Å². The van der Waals surface area contributed by atoms with Crippen LogP contribution in [-0.4, -0.2) is 15.1 Å². The first kappa shape index (κ1) is 11.4. The minimum absolute atomic E-state index is 0.288. The third-order valence-electron chi connectivity index (χ3n) is 5.13. The van der Waals surface area contributed by atoms with Crippen LogP contribution in [0.4, 0.5) is 0 Å². The smallest absolute Gasteiger partial charge is 0.117 e. The zero-order chi connectivity index (χ0) is 14.0. The molecule has 2 aliphatic carbocycles. The summed E-state index contributed by atoms with van der Waals surface area (Å²) in [4.78, 5) is 8.16. The van der Waals surface area contributed by atoms with Gasteiger partial charge >= 0.3 is 0 Å². The molecule has 3 unspecified atom stereocenters. The van der Waals surface area contributed by atoms with E-state index in [0.29, 0.717) is 11.8 Å². The van der Waals surface area contributed by atoms with Crippen LogP contribution in [0.3, 0.4) is 0 Å². The van der Waals surface area contributed by atoms with Crippen molar-refractivity contribution in [2.45, 2.75) is 24.7 Å². The molecule has 104 valence electrons. The minimum Gasteiger partial charge on any atom is -0.508 e. The van der Waals surface area contributed by atoms with E-state index in [1.807, 2.05) is 6.07 Å². The number of phenols is 1. The van der Waals surface area contributed by atoms with E-state index in [9.17, 15) is 5.11 Å². The molecule has 0 saturated heterocycles. The van der Waals surface area contributed by atoms with Crippen LogP contribution in [-0.2, 0) is 6.42 Å². The number of hydrogen-bond donors (Lipinski definition) is 2. The fourth-order valence-electron chi connectivity index (χ4n) is 4.11. The average molecular weight is 276 g/mol. The Hall–Kier alpha value is -2.29. The lowest BCUT2D eigenvalue weighted by Gasteiger charge is -2.13. The Labute approximate surface area is 122 Å². The maximum absolute atomic E-state index is 9.58. The van der Waals surface area contributed by atoms with Gasteiger partial charge in [0, 0.05) is 12.0 Å². The third-order valence-corrected chi connectivity index (χ3v) is 5.13. The van der Waals surface area contributed by atoms with Crippen molar-refractivity contribution >= 4 is 11.0 Å². The molecular formula is C18H16N2O. The Morgan fingerprint density at radius 1 is 1.10 bits per heavy atom. The standard InChI is InChI=1S/C18H16N2O/c21-11-6-8-14-15(9-11)20-18(19-14)17-13-7-5-10-3-1-2-4-12(10)16(13)17/h1-4,6,8-9,13,16-17,21H,5,7H2,(H,19,20). The summed E-state index contributed by atoms with van der Waals surface area (Å²) >= 11 is 0. The lowest BCUT2D eigenvalue weighted by molar-refractivity contribution is 0.476. The molecule has 5 rings (SSSR count).